The molecule has 0 aromatic heterocycles. The lowest BCUT2D eigenvalue weighted by molar-refractivity contribution is -0.167. The summed E-state index contributed by atoms with van der Waals surface area (Å²) in [6.07, 6.45) is 63.9. The van der Waals surface area contributed by atoms with Gasteiger partial charge in [-0.15, -0.1) is 0 Å². The molecule has 0 heterocycles. The van der Waals surface area contributed by atoms with Gasteiger partial charge in [0.15, 0.2) is 6.10 Å². The fraction of sp³-hybridized carbons (Fsp3) is 0.951. The number of ether oxygens (including phenoxy) is 3. The third kappa shape index (κ3) is 55.2. The SMILES string of the molecule is CCCCCCCCCCCCCCCCCCCCCCCC(=O)OC[C@H](COC(=O)CCCCCCCCCCCCCCCCC)OC(=O)CCCCCCCCCCCCCCC. The van der Waals surface area contributed by atoms with Gasteiger partial charge < -0.3 is 14.2 Å². The first-order valence-electron chi connectivity index (χ1n) is 30.5. The summed E-state index contributed by atoms with van der Waals surface area (Å²) >= 11 is 0. The maximum absolute atomic E-state index is 12.8. The molecule has 0 saturated heterocycles. The van der Waals surface area contributed by atoms with E-state index in [9.17, 15) is 14.4 Å². The molecule has 1 atom stereocenters. The lowest BCUT2D eigenvalue weighted by atomic mass is 10.0. The van der Waals surface area contributed by atoms with Crippen molar-refractivity contribution in [2.45, 2.75) is 361 Å². The second kappa shape index (κ2) is 57.0. The van der Waals surface area contributed by atoms with E-state index in [1.54, 1.807) is 0 Å². The number of hydrogen-bond acceptors (Lipinski definition) is 6. The second-order valence-electron chi connectivity index (χ2n) is 21.0. The summed E-state index contributed by atoms with van der Waals surface area (Å²) < 4.78 is 16.9. The summed E-state index contributed by atoms with van der Waals surface area (Å²) in [6, 6.07) is 0. The van der Waals surface area contributed by atoms with Gasteiger partial charge in [-0.1, -0.05) is 316 Å². The predicted molar refractivity (Wildman–Crippen MR) is 289 cm³/mol. The van der Waals surface area contributed by atoms with Crippen LogP contribution in [0.3, 0.4) is 0 Å². The van der Waals surface area contributed by atoms with Gasteiger partial charge in [0, 0.05) is 19.3 Å². The van der Waals surface area contributed by atoms with Crippen LogP contribution >= 0.6 is 0 Å². The van der Waals surface area contributed by atoms with Crippen molar-refractivity contribution in [3.63, 3.8) is 0 Å². The highest BCUT2D eigenvalue weighted by Gasteiger charge is 2.19. The molecule has 0 saturated carbocycles. The van der Waals surface area contributed by atoms with Gasteiger partial charge in [-0.3, -0.25) is 14.4 Å². The third-order valence-electron chi connectivity index (χ3n) is 14.1. The largest absolute Gasteiger partial charge is 0.462 e. The van der Waals surface area contributed by atoms with Crippen LogP contribution < -0.4 is 0 Å². The molecule has 0 fully saturated rings. The number of carbonyl (C=O) groups excluding carboxylic acids is 3. The van der Waals surface area contributed by atoms with Crippen molar-refractivity contribution in [1.82, 2.24) is 0 Å². The average Bonchev–Trinajstić information content (AvgIpc) is 3.33. The average molecular weight is 948 g/mol. The van der Waals surface area contributed by atoms with Crippen LogP contribution in [0, 0.1) is 0 Å². The zero-order valence-electron chi connectivity index (χ0n) is 45.7. The smallest absolute Gasteiger partial charge is 0.306 e. The molecule has 6 nitrogen and oxygen atoms in total. The predicted octanol–water partition coefficient (Wildman–Crippen LogP) is 20.3. The Morgan fingerprint density at radius 3 is 0.597 bits per heavy atom. The summed E-state index contributed by atoms with van der Waals surface area (Å²) in [6.45, 7) is 6.72. The van der Waals surface area contributed by atoms with E-state index < -0.39 is 6.10 Å². The quantitative estimate of drug-likeness (QED) is 0.0343. The molecular formula is C61H118O6. The molecule has 0 aromatic rings. The number of hydrogen-bond donors (Lipinski definition) is 0. The minimum absolute atomic E-state index is 0.0608. The molecule has 0 unspecified atom stereocenters. The van der Waals surface area contributed by atoms with Crippen LogP contribution in [0.4, 0.5) is 0 Å². The van der Waals surface area contributed by atoms with Gasteiger partial charge >= 0.3 is 17.9 Å². The fourth-order valence-corrected chi connectivity index (χ4v) is 9.51. The van der Waals surface area contributed by atoms with E-state index in [1.807, 2.05) is 0 Å². The Hall–Kier alpha value is -1.59. The Morgan fingerprint density at radius 1 is 0.239 bits per heavy atom. The van der Waals surface area contributed by atoms with Gasteiger partial charge in [-0.05, 0) is 19.3 Å². The van der Waals surface area contributed by atoms with Gasteiger partial charge in [-0.25, -0.2) is 0 Å². The van der Waals surface area contributed by atoms with Crippen LogP contribution in [0.2, 0.25) is 0 Å². The van der Waals surface area contributed by atoms with Crippen LogP contribution in [0.1, 0.15) is 355 Å². The van der Waals surface area contributed by atoms with Gasteiger partial charge in [0.05, 0.1) is 0 Å². The summed E-state index contributed by atoms with van der Waals surface area (Å²) in [5, 5.41) is 0. The minimum Gasteiger partial charge on any atom is -0.462 e. The maximum Gasteiger partial charge on any atom is 0.306 e. The summed E-state index contributed by atoms with van der Waals surface area (Å²) in [4.78, 5) is 38.2. The Balaban J connectivity index is 4.23. The topological polar surface area (TPSA) is 78.9 Å². The number of carbonyl (C=O) groups is 3. The molecule has 0 N–H and O–H groups in total. The first-order chi connectivity index (χ1) is 33.0. The normalized spacial score (nSPS) is 11.9. The first-order valence-corrected chi connectivity index (χ1v) is 30.5. The Bertz CT molecular complexity index is 998. The van der Waals surface area contributed by atoms with E-state index in [-0.39, 0.29) is 31.1 Å². The molecule has 398 valence electrons. The third-order valence-corrected chi connectivity index (χ3v) is 14.1. The van der Waals surface area contributed by atoms with Crippen LogP contribution in [-0.2, 0) is 28.6 Å². The van der Waals surface area contributed by atoms with Gasteiger partial charge in [0.2, 0.25) is 0 Å². The molecule has 0 bridgehead atoms. The second-order valence-corrected chi connectivity index (χ2v) is 21.0. The molecule has 0 rings (SSSR count). The molecule has 0 aromatic carbocycles. The number of rotatable bonds is 57. The summed E-state index contributed by atoms with van der Waals surface area (Å²) in [7, 11) is 0. The van der Waals surface area contributed by atoms with Gasteiger partial charge in [0.1, 0.15) is 13.2 Å². The Morgan fingerprint density at radius 2 is 0.403 bits per heavy atom. The zero-order valence-corrected chi connectivity index (χ0v) is 45.7. The molecule has 6 heteroatoms. The van der Waals surface area contributed by atoms with Crippen molar-refractivity contribution in [3.05, 3.63) is 0 Å². The van der Waals surface area contributed by atoms with Gasteiger partial charge in [0.25, 0.3) is 0 Å². The highest BCUT2D eigenvalue weighted by molar-refractivity contribution is 5.71. The maximum atomic E-state index is 12.8. The van der Waals surface area contributed by atoms with E-state index in [1.165, 1.54) is 257 Å². The van der Waals surface area contributed by atoms with Crippen LogP contribution in [0.25, 0.3) is 0 Å². The standard InChI is InChI=1S/C61H118O6/c1-4-7-10-13-16-19-22-25-27-28-29-30-31-32-34-37-39-42-45-48-51-54-60(63)66-57-58(67-61(64)55-52-49-46-43-40-35-24-21-18-15-12-9-6-3)56-65-59(62)53-50-47-44-41-38-36-33-26-23-20-17-14-11-8-5-2/h58H,4-57H2,1-3H3/t58-/m0/s1. The van der Waals surface area contributed by atoms with Crippen molar-refractivity contribution >= 4 is 17.9 Å². The lowest BCUT2D eigenvalue weighted by Gasteiger charge is -2.18. The minimum atomic E-state index is -0.761. The zero-order chi connectivity index (χ0) is 48.6. The molecule has 0 aliphatic rings. The van der Waals surface area contributed by atoms with Crippen LogP contribution in [-0.4, -0.2) is 37.2 Å². The van der Waals surface area contributed by atoms with Crippen molar-refractivity contribution in [3.8, 4) is 0 Å². The Labute approximate surface area is 418 Å². The molecule has 0 amide bonds. The summed E-state index contributed by atoms with van der Waals surface area (Å²) in [5.41, 5.74) is 0. The van der Waals surface area contributed by atoms with Gasteiger partial charge in [-0.2, -0.15) is 0 Å². The van der Waals surface area contributed by atoms with Crippen molar-refractivity contribution in [2.24, 2.45) is 0 Å². The van der Waals surface area contributed by atoms with E-state index in [0.29, 0.717) is 19.3 Å². The summed E-state index contributed by atoms with van der Waals surface area (Å²) in [5.74, 6) is -0.829. The Kier molecular flexibility index (Phi) is 55.6. The van der Waals surface area contributed by atoms with Crippen molar-refractivity contribution in [1.29, 1.82) is 0 Å². The number of unbranched alkanes of at least 4 members (excludes halogenated alkanes) is 46. The van der Waals surface area contributed by atoms with Crippen LogP contribution in [0.5, 0.6) is 0 Å². The molecule has 0 radical (unpaired) electrons. The lowest BCUT2D eigenvalue weighted by Crippen LogP contribution is -2.30. The fourth-order valence-electron chi connectivity index (χ4n) is 9.51. The van der Waals surface area contributed by atoms with Crippen molar-refractivity contribution < 1.29 is 28.6 Å². The van der Waals surface area contributed by atoms with E-state index in [4.69, 9.17) is 14.2 Å². The molecule has 0 aliphatic carbocycles. The number of esters is 3. The van der Waals surface area contributed by atoms with Crippen molar-refractivity contribution in [2.75, 3.05) is 13.2 Å². The molecule has 67 heavy (non-hydrogen) atoms. The highest BCUT2D eigenvalue weighted by atomic mass is 16.6. The molecule has 0 aliphatic heterocycles. The van der Waals surface area contributed by atoms with E-state index in [0.717, 1.165) is 57.8 Å². The van der Waals surface area contributed by atoms with E-state index in [2.05, 4.69) is 20.8 Å². The van der Waals surface area contributed by atoms with E-state index >= 15 is 0 Å². The first kappa shape index (κ1) is 65.4. The highest BCUT2D eigenvalue weighted by Crippen LogP contribution is 2.18. The monoisotopic (exact) mass is 947 g/mol. The molecule has 0 spiro atoms. The van der Waals surface area contributed by atoms with Crippen LogP contribution in [0.15, 0.2) is 0 Å². The molecular weight excluding hydrogens is 829 g/mol.